The minimum absolute atomic E-state index is 0.193. The standard InChI is InChI=1S/C17H22FN3/c1-6-19-17-12(5)15(20-16(21-17)10(2)3)13-7-8-14(18)11(4)9-13/h7-10H,6H2,1-5H3,(H,19,20,21). The van der Waals surface area contributed by atoms with Gasteiger partial charge in [0, 0.05) is 23.6 Å². The van der Waals surface area contributed by atoms with Crippen LogP contribution >= 0.6 is 0 Å². The van der Waals surface area contributed by atoms with Crippen LogP contribution in [0.25, 0.3) is 11.3 Å². The summed E-state index contributed by atoms with van der Waals surface area (Å²) < 4.78 is 13.5. The van der Waals surface area contributed by atoms with Crippen LogP contribution in [0.4, 0.5) is 10.2 Å². The molecular formula is C17H22FN3. The largest absolute Gasteiger partial charge is 0.370 e. The first-order chi connectivity index (χ1) is 9.93. The summed E-state index contributed by atoms with van der Waals surface area (Å²) in [5.41, 5.74) is 3.41. The molecule has 112 valence electrons. The third-order valence-corrected chi connectivity index (χ3v) is 3.46. The van der Waals surface area contributed by atoms with Gasteiger partial charge in [-0.15, -0.1) is 0 Å². The van der Waals surface area contributed by atoms with Gasteiger partial charge in [0.15, 0.2) is 0 Å². The summed E-state index contributed by atoms with van der Waals surface area (Å²) in [5, 5.41) is 3.28. The molecule has 0 aliphatic carbocycles. The van der Waals surface area contributed by atoms with Gasteiger partial charge in [0.25, 0.3) is 0 Å². The molecule has 0 aliphatic heterocycles. The number of hydrogen-bond donors (Lipinski definition) is 1. The van der Waals surface area contributed by atoms with Crippen LogP contribution in [-0.2, 0) is 0 Å². The Labute approximate surface area is 125 Å². The summed E-state index contributed by atoms with van der Waals surface area (Å²) in [7, 11) is 0. The molecule has 4 heteroatoms. The van der Waals surface area contributed by atoms with E-state index in [1.807, 2.05) is 19.9 Å². The van der Waals surface area contributed by atoms with E-state index in [9.17, 15) is 4.39 Å². The van der Waals surface area contributed by atoms with E-state index >= 15 is 0 Å². The molecule has 2 rings (SSSR count). The molecule has 0 saturated heterocycles. The molecule has 0 spiro atoms. The maximum absolute atomic E-state index is 13.5. The van der Waals surface area contributed by atoms with Crippen molar-refractivity contribution in [2.45, 2.75) is 40.5 Å². The lowest BCUT2D eigenvalue weighted by atomic mass is 10.0. The molecule has 0 unspecified atom stereocenters. The Bertz CT molecular complexity index is 651. The Kier molecular flexibility index (Phi) is 4.56. The Morgan fingerprint density at radius 3 is 2.48 bits per heavy atom. The van der Waals surface area contributed by atoms with Gasteiger partial charge in [-0.1, -0.05) is 13.8 Å². The van der Waals surface area contributed by atoms with Crippen LogP contribution in [0.1, 0.15) is 43.6 Å². The Morgan fingerprint density at radius 1 is 1.19 bits per heavy atom. The lowest BCUT2D eigenvalue weighted by molar-refractivity contribution is 0.618. The molecule has 21 heavy (non-hydrogen) atoms. The highest BCUT2D eigenvalue weighted by Crippen LogP contribution is 2.28. The van der Waals surface area contributed by atoms with Crippen LogP contribution in [0.5, 0.6) is 0 Å². The van der Waals surface area contributed by atoms with Crippen molar-refractivity contribution in [1.82, 2.24) is 9.97 Å². The maximum atomic E-state index is 13.5. The maximum Gasteiger partial charge on any atom is 0.133 e. The van der Waals surface area contributed by atoms with Crippen LogP contribution in [0, 0.1) is 19.7 Å². The normalized spacial score (nSPS) is 11.0. The van der Waals surface area contributed by atoms with Crippen molar-refractivity contribution in [2.75, 3.05) is 11.9 Å². The number of aryl methyl sites for hydroxylation is 1. The van der Waals surface area contributed by atoms with Gasteiger partial charge in [-0.2, -0.15) is 0 Å². The molecule has 3 nitrogen and oxygen atoms in total. The van der Waals surface area contributed by atoms with E-state index in [2.05, 4.69) is 29.1 Å². The van der Waals surface area contributed by atoms with E-state index in [0.29, 0.717) is 5.56 Å². The second-order valence-electron chi connectivity index (χ2n) is 5.55. The fourth-order valence-corrected chi connectivity index (χ4v) is 2.20. The molecule has 0 fully saturated rings. The van der Waals surface area contributed by atoms with Gasteiger partial charge in [0.2, 0.25) is 0 Å². The van der Waals surface area contributed by atoms with Crippen molar-refractivity contribution < 1.29 is 4.39 Å². The zero-order valence-corrected chi connectivity index (χ0v) is 13.3. The van der Waals surface area contributed by atoms with Gasteiger partial charge < -0.3 is 5.32 Å². The highest BCUT2D eigenvalue weighted by atomic mass is 19.1. The molecule has 0 saturated carbocycles. The highest BCUT2D eigenvalue weighted by molar-refractivity contribution is 5.68. The summed E-state index contributed by atoms with van der Waals surface area (Å²) in [4.78, 5) is 9.27. The number of aromatic nitrogens is 2. The van der Waals surface area contributed by atoms with E-state index < -0.39 is 0 Å². The number of nitrogens with zero attached hydrogens (tertiary/aromatic N) is 2. The number of nitrogens with one attached hydrogen (secondary N) is 1. The van der Waals surface area contributed by atoms with Crippen LogP contribution in [-0.4, -0.2) is 16.5 Å². The fourth-order valence-electron chi connectivity index (χ4n) is 2.20. The molecular weight excluding hydrogens is 265 g/mol. The summed E-state index contributed by atoms with van der Waals surface area (Å²) in [6, 6.07) is 5.11. The van der Waals surface area contributed by atoms with Gasteiger partial charge in [-0.3, -0.25) is 0 Å². The SMILES string of the molecule is CCNc1nc(C(C)C)nc(-c2ccc(F)c(C)c2)c1C. The topological polar surface area (TPSA) is 37.8 Å². The van der Waals surface area contributed by atoms with Gasteiger partial charge in [0.05, 0.1) is 5.69 Å². The quantitative estimate of drug-likeness (QED) is 0.902. The Morgan fingerprint density at radius 2 is 1.90 bits per heavy atom. The number of benzene rings is 1. The van der Waals surface area contributed by atoms with Crippen molar-refractivity contribution in [3.05, 3.63) is 41.0 Å². The number of anilines is 1. The number of halogens is 1. The van der Waals surface area contributed by atoms with E-state index in [1.54, 1.807) is 13.0 Å². The van der Waals surface area contributed by atoms with Gasteiger partial charge in [-0.25, -0.2) is 14.4 Å². The van der Waals surface area contributed by atoms with Gasteiger partial charge in [0.1, 0.15) is 17.5 Å². The average Bonchev–Trinajstić information content (AvgIpc) is 2.44. The molecule has 0 bridgehead atoms. The molecule has 0 radical (unpaired) electrons. The van der Waals surface area contributed by atoms with Crippen molar-refractivity contribution >= 4 is 5.82 Å². The van der Waals surface area contributed by atoms with Crippen molar-refractivity contribution in [1.29, 1.82) is 0 Å². The number of hydrogen-bond acceptors (Lipinski definition) is 3. The predicted molar refractivity (Wildman–Crippen MR) is 85.2 cm³/mol. The van der Waals surface area contributed by atoms with E-state index in [4.69, 9.17) is 0 Å². The minimum Gasteiger partial charge on any atom is -0.370 e. The molecule has 1 aromatic carbocycles. The molecule has 0 atom stereocenters. The zero-order chi connectivity index (χ0) is 15.6. The summed E-state index contributed by atoms with van der Waals surface area (Å²) in [6.07, 6.45) is 0. The van der Waals surface area contributed by atoms with E-state index in [0.717, 1.165) is 35.0 Å². The minimum atomic E-state index is -0.193. The zero-order valence-electron chi connectivity index (χ0n) is 13.3. The van der Waals surface area contributed by atoms with Crippen LogP contribution < -0.4 is 5.32 Å². The predicted octanol–water partition coefficient (Wildman–Crippen LogP) is 4.45. The van der Waals surface area contributed by atoms with E-state index in [-0.39, 0.29) is 11.7 Å². The molecule has 1 N–H and O–H groups in total. The Hall–Kier alpha value is -1.97. The average molecular weight is 287 g/mol. The monoisotopic (exact) mass is 287 g/mol. The van der Waals surface area contributed by atoms with Crippen LogP contribution in [0.2, 0.25) is 0 Å². The third-order valence-electron chi connectivity index (χ3n) is 3.46. The molecule has 2 aromatic rings. The molecule has 0 aliphatic rings. The molecule has 0 amide bonds. The fraction of sp³-hybridized carbons (Fsp3) is 0.412. The summed E-state index contributed by atoms with van der Waals surface area (Å²) in [5.74, 6) is 1.70. The second kappa shape index (κ2) is 6.20. The smallest absolute Gasteiger partial charge is 0.133 e. The lowest BCUT2D eigenvalue weighted by Crippen LogP contribution is -2.09. The first-order valence-corrected chi connectivity index (χ1v) is 7.33. The van der Waals surface area contributed by atoms with E-state index in [1.165, 1.54) is 6.07 Å². The van der Waals surface area contributed by atoms with Gasteiger partial charge in [-0.05, 0) is 44.5 Å². The van der Waals surface area contributed by atoms with Gasteiger partial charge >= 0.3 is 0 Å². The Balaban J connectivity index is 2.62. The van der Waals surface area contributed by atoms with Crippen molar-refractivity contribution in [3.8, 4) is 11.3 Å². The molecule has 1 heterocycles. The number of rotatable bonds is 4. The van der Waals surface area contributed by atoms with Crippen LogP contribution in [0.15, 0.2) is 18.2 Å². The van der Waals surface area contributed by atoms with Crippen molar-refractivity contribution in [3.63, 3.8) is 0 Å². The molecule has 1 aromatic heterocycles. The second-order valence-corrected chi connectivity index (χ2v) is 5.55. The summed E-state index contributed by atoms with van der Waals surface area (Å²) in [6.45, 7) is 10.7. The van der Waals surface area contributed by atoms with Crippen molar-refractivity contribution in [2.24, 2.45) is 0 Å². The lowest BCUT2D eigenvalue weighted by Gasteiger charge is -2.15. The van der Waals surface area contributed by atoms with Crippen LogP contribution in [0.3, 0.4) is 0 Å². The third kappa shape index (κ3) is 3.20. The first kappa shape index (κ1) is 15.4. The summed E-state index contributed by atoms with van der Waals surface area (Å²) >= 11 is 0. The first-order valence-electron chi connectivity index (χ1n) is 7.33. The highest BCUT2D eigenvalue weighted by Gasteiger charge is 2.14.